The number of methoxy groups -OCH3 is 1. The van der Waals surface area contributed by atoms with Crippen LogP contribution in [0.4, 0.5) is 0 Å². The van der Waals surface area contributed by atoms with E-state index in [0.717, 1.165) is 13.8 Å². The fraction of sp³-hybridized carbons (Fsp3) is 0.727. The first kappa shape index (κ1) is 16.4. The molecular formula is C11H18O7. The first-order valence-corrected chi connectivity index (χ1v) is 5.32. The van der Waals surface area contributed by atoms with Gasteiger partial charge in [-0.15, -0.1) is 0 Å². The molecule has 0 amide bonds. The standard InChI is InChI=1S/C11H18O7/c1-6(15-5)10(16-7(2)12)11(17-8(3)13)18-9(4)14/h6,10-11H,1-5H3. The van der Waals surface area contributed by atoms with Gasteiger partial charge in [0.1, 0.15) is 0 Å². The molecule has 0 aliphatic heterocycles. The van der Waals surface area contributed by atoms with Crippen LogP contribution in [0.2, 0.25) is 0 Å². The number of carbonyl (C=O) groups excluding carboxylic acids is 3. The topological polar surface area (TPSA) is 88.1 Å². The molecule has 0 saturated carbocycles. The highest BCUT2D eigenvalue weighted by molar-refractivity contribution is 5.69. The summed E-state index contributed by atoms with van der Waals surface area (Å²) in [5.74, 6) is -1.93. The van der Waals surface area contributed by atoms with E-state index in [-0.39, 0.29) is 0 Å². The van der Waals surface area contributed by atoms with Crippen molar-refractivity contribution in [3.05, 3.63) is 0 Å². The van der Waals surface area contributed by atoms with Gasteiger partial charge in [0, 0.05) is 27.9 Å². The Morgan fingerprint density at radius 2 is 1.22 bits per heavy atom. The summed E-state index contributed by atoms with van der Waals surface area (Å²) >= 11 is 0. The summed E-state index contributed by atoms with van der Waals surface area (Å²) in [5, 5.41) is 0. The van der Waals surface area contributed by atoms with Crippen LogP contribution in [0.25, 0.3) is 0 Å². The van der Waals surface area contributed by atoms with Crippen molar-refractivity contribution in [1.29, 1.82) is 0 Å². The third-order valence-electron chi connectivity index (χ3n) is 1.97. The molecular weight excluding hydrogens is 244 g/mol. The van der Waals surface area contributed by atoms with Gasteiger partial charge in [-0.3, -0.25) is 14.4 Å². The fourth-order valence-corrected chi connectivity index (χ4v) is 1.18. The maximum atomic E-state index is 11.0. The maximum Gasteiger partial charge on any atom is 0.305 e. The summed E-state index contributed by atoms with van der Waals surface area (Å²) < 4.78 is 19.6. The molecule has 0 aromatic heterocycles. The van der Waals surface area contributed by atoms with E-state index < -0.39 is 36.4 Å². The van der Waals surface area contributed by atoms with E-state index in [1.54, 1.807) is 6.92 Å². The zero-order chi connectivity index (χ0) is 14.3. The lowest BCUT2D eigenvalue weighted by atomic mass is 10.2. The Bertz CT molecular complexity index is 297. The molecule has 0 saturated heterocycles. The zero-order valence-electron chi connectivity index (χ0n) is 11.1. The summed E-state index contributed by atoms with van der Waals surface area (Å²) in [4.78, 5) is 32.9. The molecule has 18 heavy (non-hydrogen) atoms. The number of hydrogen-bond acceptors (Lipinski definition) is 7. The highest BCUT2D eigenvalue weighted by Gasteiger charge is 2.35. The highest BCUT2D eigenvalue weighted by Crippen LogP contribution is 2.14. The minimum atomic E-state index is -1.33. The van der Waals surface area contributed by atoms with Gasteiger partial charge < -0.3 is 18.9 Å². The third-order valence-corrected chi connectivity index (χ3v) is 1.97. The average molecular weight is 262 g/mol. The van der Waals surface area contributed by atoms with Crippen molar-refractivity contribution in [2.75, 3.05) is 7.11 Å². The Labute approximate surface area is 105 Å². The molecule has 0 aliphatic carbocycles. The van der Waals surface area contributed by atoms with E-state index in [1.165, 1.54) is 14.0 Å². The molecule has 0 aromatic carbocycles. The lowest BCUT2D eigenvalue weighted by Gasteiger charge is -2.28. The molecule has 7 heteroatoms. The Morgan fingerprint density at radius 1 is 0.833 bits per heavy atom. The Balaban J connectivity index is 4.97. The molecule has 104 valence electrons. The molecule has 2 atom stereocenters. The van der Waals surface area contributed by atoms with Crippen LogP contribution in [-0.4, -0.2) is 43.5 Å². The van der Waals surface area contributed by atoms with Crippen LogP contribution in [0.5, 0.6) is 0 Å². The molecule has 0 aromatic rings. The Morgan fingerprint density at radius 3 is 1.50 bits per heavy atom. The molecule has 7 nitrogen and oxygen atoms in total. The number of carbonyl (C=O) groups is 3. The minimum Gasteiger partial charge on any atom is -0.452 e. The van der Waals surface area contributed by atoms with Gasteiger partial charge in [0.2, 0.25) is 6.10 Å². The van der Waals surface area contributed by atoms with Crippen molar-refractivity contribution in [3.8, 4) is 0 Å². The van der Waals surface area contributed by atoms with Crippen molar-refractivity contribution in [3.63, 3.8) is 0 Å². The lowest BCUT2D eigenvalue weighted by molar-refractivity contribution is -0.224. The molecule has 2 unspecified atom stereocenters. The van der Waals surface area contributed by atoms with E-state index in [1.807, 2.05) is 0 Å². The zero-order valence-corrected chi connectivity index (χ0v) is 11.1. The van der Waals surface area contributed by atoms with Gasteiger partial charge in [0.15, 0.2) is 0 Å². The van der Waals surface area contributed by atoms with Crippen LogP contribution < -0.4 is 0 Å². The van der Waals surface area contributed by atoms with Crippen LogP contribution in [0.3, 0.4) is 0 Å². The number of hydrogen-bond donors (Lipinski definition) is 0. The van der Waals surface area contributed by atoms with Crippen molar-refractivity contribution < 1.29 is 33.3 Å². The molecule has 0 spiro atoms. The van der Waals surface area contributed by atoms with Gasteiger partial charge in [-0.1, -0.05) is 0 Å². The molecule has 0 radical (unpaired) electrons. The summed E-state index contributed by atoms with van der Waals surface area (Å²) in [6.45, 7) is 5.08. The predicted molar refractivity (Wildman–Crippen MR) is 59.3 cm³/mol. The largest absolute Gasteiger partial charge is 0.452 e. The molecule has 0 aliphatic rings. The summed E-state index contributed by atoms with van der Waals surface area (Å²) in [7, 11) is 1.39. The van der Waals surface area contributed by atoms with Crippen LogP contribution in [0, 0.1) is 0 Å². The van der Waals surface area contributed by atoms with Gasteiger partial charge in [-0.05, 0) is 6.92 Å². The smallest absolute Gasteiger partial charge is 0.305 e. The van der Waals surface area contributed by atoms with Gasteiger partial charge in [-0.2, -0.15) is 0 Å². The van der Waals surface area contributed by atoms with E-state index >= 15 is 0 Å². The third kappa shape index (κ3) is 6.19. The van der Waals surface area contributed by atoms with Crippen LogP contribution in [0.1, 0.15) is 27.7 Å². The van der Waals surface area contributed by atoms with E-state index in [2.05, 4.69) is 0 Å². The quantitative estimate of drug-likeness (QED) is 0.505. The second-order valence-electron chi connectivity index (χ2n) is 3.60. The van der Waals surface area contributed by atoms with Crippen LogP contribution >= 0.6 is 0 Å². The van der Waals surface area contributed by atoms with Gasteiger partial charge in [-0.25, -0.2) is 0 Å². The van der Waals surface area contributed by atoms with Crippen molar-refractivity contribution in [2.24, 2.45) is 0 Å². The first-order chi connectivity index (χ1) is 8.27. The molecule has 0 bridgehead atoms. The van der Waals surface area contributed by atoms with Crippen molar-refractivity contribution >= 4 is 17.9 Å². The SMILES string of the molecule is COC(C)C(OC(C)=O)C(OC(C)=O)OC(C)=O. The summed E-state index contributed by atoms with van der Waals surface area (Å²) in [6, 6.07) is 0. The van der Waals surface area contributed by atoms with E-state index in [0.29, 0.717) is 0 Å². The molecule has 0 N–H and O–H groups in total. The van der Waals surface area contributed by atoms with Gasteiger partial charge >= 0.3 is 17.9 Å². The van der Waals surface area contributed by atoms with Crippen LogP contribution in [-0.2, 0) is 33.3 Å². The van der Waals surface area contributed by atoms with E-state index in [4.69, 9.17) is 18.9 Å². The van der Waals surface area contributed by atoms with Gasteiger partial charge in [0.05, 0.1) is 6.10 Å². The normalized spacial score (nSPS) is 13.7. The van der Waals surface area contributed by atoms with Crippen LogP contribution in [0.15, 0.2) is 0 Å². The highest BCUT2D eigenvalue weighted by atomic mass is 16.7. The second-order valence-corrected chi connectivity index (χ2v) is 3.60. The molecule has 0 rings (SSSR count). The van der Waals surface area contributed by atoms with E-state index in [9.17, 15) is 14.4 Å². The van der Waals surface area contributed by atoms with Gasteiger partial charge in [0.25, 0.3) is 6.29 Å². The molecule has 0 fully saturated rings. The maximum absolute atomic E-state index is 11.0. The Kier molecular flexibility index (Phi) is 6.96. The summed E-state index contributed by atoms with van der Waals surface area (Å²) in [6.07, 6.45) is -2.98. The number of rotatable bonds is 6. The fourth-order valence-electron chi connectivity index (χ4n) is 1.18. The summed E-state index contributed by atoms with van der Waals surface area (Å²) in [5.41, 5.74) is 0. The minimum absolute atomic E-state index is 0.604. The van der Waals surface area contributed by atoms with Crippen molar-refractivity contribution in [1.82, 2.24) is 0 Å². The number of esters is 3. The predicted octanol–water partition coefficient (Wildman–Crippen LogP) is 0.405. The second kappa shape index (κ2) is 7.65. The average Bonchev–Trinajstić information content (AvgIpc) is 2.22. The lowest BCUT2D eigenvalue weighted by Crippen LogP contribution is -2.44. The Hall–Kier alpha value is -1.63. The monoisotopic (exact) mass is 262 g/mol. The number of ether oxygens (including phenoxy) is 4. The van der Waals surface area contributed by atoms with Crippen molar-refractivity contribution in [2.45, 2.75) is 46.2 Å². The first-order valence-electron chi connectivity index (χ1n) is 5.32. The molecule has 0 heterocycles.